The lowest BCUT2D eigenvalue weighted by atomic mass is 9.53. The number of ether oxygens (including phenoxy) is 3. The molecule has 1 spiro atoms. The average molecular weight is 455 g/mol. The van der Waals surface area contributed by atoms with Crippen molar-refractivity contribution < 1.29 is 24.1 Å². The molecule has 2 saturated carbocycles. The number of hydrogen-bond donors (Lipinski definition) is 1. The maximum absolute atomic E-state index is 12.0. The predicted molar refractivity (Wildman–Crippen MR) is 127 cm³/mol. The Labute approximate surface area is 197 Å². The zero-order chi connectivity index (χ0) is 23.2. The fourth-order valence-corrected chi connectivity index (χ4v) is 7.98. The first-order valence-electron chi connectivity index (χ1n) is 12.8. The highest BCUT2D eigenvalue weighted by Gasteiger charge is 2.68. The van der Waals surface area contributed by atoms with Crippen molar-refractivity contribution in [1.29, 1.82) is 0 Å². The van der Waals surface area contributed by atoms with Crippen molar-refractivity contribution in [1.82, 2.24) is 0 Å². The first-order chi connectivity index (χ1) is 15.9. The molecule has 5 atom stereocenters. The van der Waals surface area contributed by atoms with Gasteiger partial charge in [0.15, 0.2) is 5.79 Å². The highest BCUT2D eigenvalue weighted by atomic mass is 16.7. The van der Waals surface area contributed by atoms with E-state index in [-0.39, 0.29) is 11.4 Å². The highest BCUT2D eigenvalue weighted by molar-refractivity contribution is 5.69. The number of rotatable bonds is 6. The van der Waals surface area contributed by atoms with Crippen molar-refractivity contribution in [2.45, 2.75) is 76.9 Å². The van der Waals surface area contributed by atoms with E-state index >= 15 is 0 Å². The Balaban J connectivity index is 1.44. The van der Waals surface area contributed by atoms with Crippen molar-refractivity contribution in [2.24, 2.45) is 23.2 Å². The van der Waals surface area contributed by atoms with Gasteiger partial charge >= 0.3 is 5.97 Å². The maximum atomic E-state index is 12.0. The number of carbonyl (C=O) groups excluding carboxylic acids is 1. The van der Waals surface area contributed by atoms with Gasteiger partial charge in [-0.1, -0.05) is 19.6 Å². The van der Waals surface area contributed by atoms with Crippen molar-refractivity contribution in [2.75, 3.05) is 19.8 Å². The third kappa shape index (κ3) is 3.63. The molecule has 5 rings (SSSR count). The number of aromatic hydroxyl groups is 1. The summed E-state index contributed by atoms with van der Waals surface area (Å²) in [6.07, 6.45) is 9.38. The Bertz CT molecular complexity index is 917. The molecule has 1 heterocycles. The standard InChI is InChI=1S/C28H38O5/c1-4-18-15-23-19(16-24(18)29)9-10-22-21(23)11-12-27(3)26(22)20(7-6-8-25(30)31-5-2)17-28(27)32-13-14-33-28/h4,15-16,20-22,26,29H,1,5-14,17H2,2-3H3/t20-,21-,22+,26-,27-/m0/s1. The molecule has 1 saturated heterocycles. The molecule has 5 heteroatoms. The lowest BCUT2D eigenvalue weighted by Gasteiger charge is -2.53. The second kappa shape index (κ2) is 8.74. The Morgan fingerprint density at radius 3 is 2.82 bits per heavy atom. The summed E-state index contributed by atoms with van der Waals surface area (Å²) in [7, 11) is 0. The molecule has 5 nitrogen and oxygen atoms in total. The Hall–Kier alpha value is -1.85. The number of phenolic OH excluding ortho intramolecular Hbond substituents is 1. The van der Waals surface area contributed by atoms with Gasteiger partial charge in [-0.25, -0.2) is 0 Å². The van der Waals surface area contributed by atoms with Crippen molar-refractivity contribution in [3.05, 3.63) is 35.4 Å². The van der Waals surface area contributed by atoms with Crippen LogP contribution in [0.3, 0.4) is 0 Å². The maximum Gasteiger partial charge on any atom is 0.305 e. The Kier molecular flexibility index (Phi) is 6.07. The van der Waals surface area contributed by atoms with Crippen LogP contribution in [0.2, 0.25) is 0 Å². The second-order valence-corrected chi connectivity index (χ2v) is 10.7. The molecule has 180 valence electrons. The number of aryl methyl sites for hydroxylation is 1. The zero-order valence-corrected chi connectivity index (χ0v) is 20.1. The molecule has 0 aromatic heterocycles. The number of benzene rings is 1. The monoisotopic (exact) mass is 454 g/mol. The molecule has 3 fully saturated rings. The summed E-state index contributed by atoms with van der Waals surface area (Å²) in [5.74, 6) is 1.82. The van der Waals surface area contributed by atoms with E-state index in [4.69, 9.17) is 14.2 Å². The number of hydrogen-bond acceptors (Lipinski definition) is 5. The first-order valence-corrected chi connectivity index (χ1v) is 12.8. The molecule has 1 aliphatic heterocycles. The summed E-state index contributed by atoms with van der Waals surface area (Å²) in [6.45, 7) is 9.97. The molecule has 4 aliphatic rings. The van der Waals surface area contributed by atoms with Gasteiger partial charge in [-0.3, -0.25) is 4.79 Å². The molecular formula is C28H38O5. The van der Waals surface area contributed by atoms with Crippen LogP contribution in [-0.2, 0) is 25.4 Å². The van der Waals surface area contributed by atoms with Gasteiger partial charge in [-0.2, -0.15) is 0 Å². The van der Waals surface area contributed by atoms with E-state index in [9.17, 15) is 9.90 Å². The summed E-state index contributed by atoms with van der Waals surface area (Å²) in [6, 6.07) is 4.15. The second-order valence-electron chi connectivity index (χ2n) is 10.7. The number of carbonyl (C=O) groups is 1. The smallest absolute Gasteiger partial charge is 0.305 e. The Morgan fingerprint density at radius 1 is 1.30 bits per heavy atom. The molecule has 1 aromatic rings. The van der Waals surface area contributed by atoms with Crippen LogP contribution in [-0.4, -0.2) is 36.7 Å². The van der Waals surface area contributed by atoms with E-state index in [0.29, 0.717) is 55.7 Å². The van der Waals surface area contributed by atoms with Crippen LogP contribution >= 0.6 is 0 Å². The molecular weight excluding hydrogens is 416 g/mol. The number of fused-ring (bicyclic) bond motifs is 6. The summed E-state index contributed by atoms with van der Waals surface area (Å²) >= 11 is 0. The van der Waals surface area contributed by atoms with Gasteiger partial charge in [0.2, 0.25) is 0 Å². The van der Waals surface area contributed by atoms with Crippen molar-refractivity contribution in [3.8, 4) is 5.75 Å². The average Bonchev–Trinajstić information content (AvgIpc) is 3.37. The lowest BCUT2D eigenvalue weighted by Crippen LogP contribution is -2.51. The molecule has 1 N–H and O–H groups in total. The van der Waals surface area contributed by atoms with Crippen LogP contribution < -0.4 is 0 Å². The summed E-state index contributed by atoms with van der Waals surface area (Å²) in [5, 5.41) is 10.4. The van der Waals surface area contributed by atoms with Crippen LogP contribution in [0, 0.1) is 23.2 Å². The van der Waals surface area contributed by atoms with Crippen molar-refractivity contribution in [3.63, 3.8) is 0 Å². The van der Waals surface area contributed by atoms with Gasteiger partial charge in [0.25, 0.3) is 0 Å². The van der Waals surface area contributed by atoms with Crippen LogP contribution in [0.15, 0.2) is 18.7 Å². The fraction of sp³-hybridized carbons (Fsp3) is 0.679. The topological polar surface area (TPSA) is 65.0 Å². The van der Waals surface area contributed by atoms with Crippen LogP contribution in [0.4, 0.5) is 0 Å². The van der Waals surface area contributed by atoms with E-state index in [1.54, 1.807) is 6.08 Å². The molecule has 0 unspecified atom stereocenters. The van der Waals surface area contributed by atoms with E-state index < -0.39 is 5.79 Å². The van der Waals surface area contributed by atoms with E-state index in [2.05, 4.69) is 19.6 Å². The lowest BCUT2D eigenvalue weighted by molar-refractivity contribution is -0.237. The third-order valence-electron chi connectivity index (χ3n) is 9.27. The molecule has 0 bridgehead atoms. The normalized spacial score (nSPS) is 33.9. The van der Waals surface area contributed by atoms with Crippen LogP contribution in [0.1, 0.15) is 81.4 Å². The summed E-state index contributed by atoms with van der Waals surface area (Å²) < 4.78 is 18.0. The van der Waals surface area contributed by atoms with E-state index in [1.165, 1.54) is 11.1 Å². The van der Waals surface area contributed by atoms with E-state index in [0.717, 1.165) is 50.5 Å². The highest BCUT2D eigenvalue weighted by Crippen LogP contribution is 2.68. The zero-order valence-electron chi connectivity index (χ0n) is 20.1. The first kappa shape index (κ1) is 22.9. The number of esters is 1. The molecule has 1 aromatic carbocycles. The Morgan fingerprint density at radius 2 is 2.09 bits per heavy atom. The number of phenols is 1. The van der Waals surface area contributed by atoms with Gasteiger partial charge < -0.3 is 19.3 Å². The van der Waals surface area contributed by atoms with Gasteiger partial charge in [0.1, 0.15) is 5.75 Å². The molecule has 0 radical (unpaired) electrons. The summed E-state index contributed by atoms with van der Waals surface area (Å²) in [5.41, 5.74) is 3.53. The third-order valence-corrected chi connectivity index (χ3v) is 9.27. The molecule has 3 aliphatic carbocycles. The molecule has 33 heavy (non-hydrogen) atoms. The summed E-state index contributed by atoms with van der Waals surface area (Å²) in [4.78, 5) is 12.0. The minimum atomic E-state index is -0.473. The van der Waals surface area contributed by atoms with Crippen molar-refractivity contribution >= 4 is 12.0 Å². The van der Waals surface area contributed by atoms with Crippen LogP contribution in [0.25, 0.3) is 6.08 Å². The van der Waals surface area contributed by atoms with Gasteiger partial charge in [-0.05, 0) is 92.4 Å². The minimum Gasteiger partial charge on any atom is -0.507 e. The van der Waals surface area contributed by atoms with Gasteiger partial charge in [-0.15, -0.1) is 0 Å². The SMILES string of the molecule is C=Cc1cc2c(cc1O)CC[C@H]1[C@@H]3[C@@H](CCCC(=O)OCC)CC4(OCCO4)[C@@]3(C)CC[C@H]21. The quantitative estimate of drug-likeness (QED) is 0.567. The van der Waals surface area contributed by atoms with Gasteiger partial charge in [0, 0.05) is 23.8 Å². The largest absolute Gasteiger partial charge is 0.507 e. The van der Waals surface area contributed by atoms with Crippen LogP contribution in [0.5, 0.6) is 5.75 Å². The molecule has 0 amide bonds. The fourth-order valence-electron chi connectivity index (χ4n) is 7.98. The van der Waals surface area contributed by atoms with E-state index in [1.807, 2.05) is 13.0 Å². The minimum absolute atomic E-state index is 0.00501. The predicted octanol–water partition coefficient (Wildman–Crippen LogP) is 5.59. The van der Waals surface area contributed by atoms with Gasteiger partial charge in [0.05, 0.1) is 19.8 Å².